The molecule has 2 N–H and O–H groups in total. The first kappa shape index (κ1) is 14.0. The summed E-state index contributed by atoms with van der Waals surface area (Å²) in [4.78, 5) is 21.4. The Bertz CT molecular complexity index is 498. The zero-order chi connectivity index (χ0) is 13.5. The third-order valence-corrected chi connectivity index (χ3v) is 2.96. The molecule has 18 heavy (non-hydrogen) atoms. The highest BCUT2D eigenvalue weighted by atomic mass is 32.2. The van der Waals surface area contributed by atoms with Crippen LogP contribution in [0, 0.1) is 22.5 Å². The molecule has 0 amide bonds. The van der Waals surface area contributed by atoms with E-state index in [1.54, 1.807) is 6.07 Å². The van der Waals surface area contributed by atoms with E-state index in [0.29, 0.717) is 4.90 Å². The normalized spacial score (nSPS) is 11.5. The molecular weight excluding hydrogens is 256 g/mol. The first-order valence-corrected chi connectivity index (χ1v) is 5.70. The summed E-state index contributed by atoms with van der Waals surface area (Å²) >= 11 is 0.884. The van der Waals surface area contributed by atoms with Crippen molar-refractivity contribution in [3.8, 4) is 12.3 Å². The molecule has 0 aliphatic carbocycles. The molecule has 6 nitrogen and oxygen atoms in total. The average Bonchev–Trinajstić information content (AvgIpc) is 2.34. The number of carboxylic acids is 1. The van der Waals surface area contributed by atoms with Crippen LogP contribution in [0.15, 0.2) is 29.2 Å². The Kier molecular flexibility index (Phi) is 5.17. The van der Waals surface area contributed by atoms with Crippen molar-refractivity contribution in [1.82, 2.24) is 4.72 Å². The summed E-state index contributed by atoms with van der Waals surface area (Å²) in [6, 6.07) is 5.11. The van der Waals surface area contributed by atoms with E-state index < -0.39 is 16.9 Å². The Hall–Kier alpha value is -2.04. The molecule has 94 valence electrons. The molecular formula is C11H10N2O4S. The maximum Gasteiger partial charge on any atom is 0.322 e. The molecule has 0 heterocycles. The van der Waals surface area contributed by atoms with Gasteiger partial charge in [-0.25, -0.2) is 4.72 Å². The number of benzene rings is 1. The third-order valence-electron chi connectivity index (χ3n) is 1.99. The molecule has 1 atom stereocenters. The molecule has 0 aromatic heterocycles. The van der Waals surface area contributed by atoms with Crippen LogP contribution in [0.1, 0.15) is 6.42 Å². The quantitative estimate of drug-likeness (QED) is 0.352. The van der Waals surface area contributed by atoms with Crippen LogP contribution >= 0.6 is 11.9 Å². The predicted molar refractivity (Wildman–Crippen MR) is 67.0 cm³/mol. The van der Waals surface area contributed by atoms with E-state index in [-0.39, 0.29) is 12.1 Å². The van der Waals surface area contributed by atoms with Gasteiger partial charge in [-0.05, 0) is 18.0 Å². The largest absolute Gasteiger partial charge is 0.480 e. The van der Waals surface area contributed by atoms with E-state index in [2.05, 4.69) is 10.6 Å². The number of rotatable bonds is 6. The second-order valence-electron chi connectivity index (χ2n) is 3.24. The number of nitrogens with zero attached hydrogens (tertiary/aromatic N) is 1. The Morgan fingerprint density at radius 1 is 1.61 bits per heavy atom. The summed E-state index contributed by atoms with van der Waals surface area (Å²) in [5.41, 5.74) is -0.0835. The second kappa shape index (κ2) is 6.64. The van der Waals surface area contributed by atoms with Crippen molar-refractivity contribution >= 4 is 23.6 Å². The predicted octanol–water partition coefficient (Wildman–Crippen LogP) is 1.67. The molecule has 0 aliphatic rings. The van der Waals surface area contributed by atoms with Gasteiger partial charge in [-0.2, -0.15) is 0 Å². The van der Waals surface area contributed by atoms with E-state index in [1.165, 1.54) is 18.2 Å². The van der Waals surface area contributed by atoms with Crippen LogP contribution in [-0.4, -0.2) is 22.0 Å². The minimum Gasteiger partial charge on any atom is -0.480 e. The molecule has 0 bridgehead atoms. The van der Waals surface area contributed by atoms with E-state index >= 15 is 0 Å². The highest BCUT2D eigenvalue weighted by molar-refractivity contribution is 7.97. The number of para-hydroxylation sites is 1. The number of nitrogens with one attached hydrogen (secondary N) is 1. The van der Waals surface area contributed by atoms with Gasteiger partial charge in [0.2, 0.25) is 0 Å². The molecule has 1 rings (SSSR count). The molecule has 0 aliphatic heterocycles. The Labute approximate surface area is 108 Å². The number of hydrogen-bond acceptors (Lipinski definition) is 5. The average molecular weight is 266 g/mol. The van der Waals surface area contributed by atoms with E-state index in [4.69, 9.17) is 11.5 Å². The molecule has 0 saturated heterocycles. The van der Waals surface area contributed by atoms with Crippen molar-refractivity contribution in [1.29, 1.82) is 0 Å². The van der Waals surface area contributed by atoms with Crippen LogP contribution in [0.4, 0.5) is 5.69 Å². The van der Waals surface area contributed by atoms with Crippen LogP contribution < -0.4 is 4.72 Å². The van der Waals surface area contributed by atoms with Crippen molar-refractivity contribution in [2.45, 2.75) is 17.4 Å². The van der Waals surface area contributed by atoms with Gasteiger partial charge < -0.3 is 5.11 Å². The topological polar surface area (TPSA) is 92.5 Å². The number of carbonyl (C=O) groups is 1. The maximum absolute atomic E-state index is 10.8. The highest BCUT2D eigenvalue weighted by Gasteiger charge is 2.19. The lowest BCUT2D eigenvalue weighted by molar-refractivity contribution is -0.387. The van der Waals surface area contributed by atoms with Crippen LogP contribution in [0.5, 0.6) is 0 Å². The van der Waals surface area contributed by atoms with Crippen LogP contribution in [0.25, 0.3) is 0 Å². The van der Waals surface area contributed by atoms with Gasteiger partial charge in [0.05, 0.1) is 4.92 Å². The number of terminal acetylenes is 1. The molecule has 0 radical (unpaired) electrons. The van der Waals surface area contributed by atoms with E-state index in [0.717, 1.165) is 11.9 Å². The van der Waals surface area contributed by atoms with Gasteiger partial charge >= 0.3 is 5.97 Å². The van der Waals surface area contributed by atoms with Crippen molar-refractivity contribution in [3.05, 3.63) is 34.4 Å². The number of carboxylic acid groups (broad SMARTS) is 1. The van der Waals surface area contributed by atoms with Gasteiger partial charge in [-0.15, -0.1) is 12.3 Å². The highest BCUT2D eigenvalue weighted by Crippen LogP contribution is 2.26. The molecule has 0 fully saturated rings. The van der Waals surface area contributed by atoms with Crippen LogP contribution in [-0.2, 0) is 4.79 Å². The molecule has 0 saturated carbocycles. The lowest BCUT2D eigenvalue weighted by atomic mass is 10.2. The van der Waals surface area contributed by atoms with Gasteiger partial charge in [-0.1, -0.05) is 12.1 Å². The molecule has 7 heteroatoms. The number of hydrogen-bond donors (Lipinski definition) is 2. The van der Waals surface area contributed by atoms with Gasteiger partial charge in [-0.3, -0.25) is 14.9 Å². The Balaban J connectivity index is 2.77. The number of aliphatic carboxylic acids is 1. The van der Waals surface area contributed by atoms with Crippen molar-refractivity contribution in [3.63, 3.8) is 0 Å². The Morgan fingerprint density at radius 3 is 2.83 bits per heavy atom. The van der Waals surface area contributed by atoms with Gasteiger partial charge in [0.25, 0.3) is 5.69 Å². The summed E-state index contributed by atoms with van der Waals surface area (Å²) in [5.74, 6) is 1.13. The summed E-state index contributed by atoms with van der Waals surface area (Å²) in [6.07, 6.45) is 5.05. The molecule has 0 spiro atoms. The molecule has 1 aromatic carbocycles. The molecule has 1 unspecified atom stereocenters. The fourth-order valence-corrected chi connectivity index (χ4v) is 1.97. The maximum atomic E-state index is 10.8. The monoisotopic (exact) mass is 266 g/mol. The Morgan fingerprint density at radius 2 is 2.28 bits per heavy atom. The van der Waals surface area contributed by atoms with Crippen LogP contribution in [0.3, 0.4) is 0 Å². The fraction of sp³-hybridized carbons (Fsp3) is 0.182. The summed E-state index contributed by atoms with van der Waals surface area (Å²) in [5, 5.41) is 19.6. The second-order valence-corrected chi connectivity index (χ2v) is 4.12. The standard InChI is InChI=1S/C11H10N2O4S/c1-2-5-8(11(14)15)12-18-10-7-4-3-6-9(10)13(16)17/h1,3-4,6-8,12H,5H2,(H,14,15). The third kappa shape index (κ3) is 3.76. The zero-order valence-electron chi connectivity index (χ0n) is 9.20. The molecule has 1 aromatic rings. The van der Waals surface area contributed by atoms with Crippen molar-refractivity contribution in [2.75, 3.05) is 0 Å². The zero-order valence-corrected chi connectivity index (χ0v) is 10.0. The van der Waals surface area contributed by atoms with Crippen molar-refractivity contribution in [2.24, 2.45) is 0 Å². The summed E-state index contributed by atoms with van der Waals surface area (Å²) < 4.78 is 2.60. The number of nitro groups is 1. The fourth-order valence-electron chi connectivity index (χ4n) is 1.13. The van der Waals surface area contributed by atoms with Gasteiger partial charge in [0.1, 0.15) is 10.9 Å². The summed E-state index contributed by atoms with van der Waals surface area (Å²) in [7, 11) is 0. The minimum absolute atomic E-state index is 0.00294. The van der Waals surface area contributed by atoms with Gasteiger partial charge in [0.15, 0.2) is 0 Å². The SMILES string of the molecule is C#CCC(NSc1ccccc1[N+](=O)[O-])C(=O)O. The lowest BCUT2D eigenvalue weighted by Gasteiger charge is -2.10. The van der Waals surface area contributed by atoms with Crippen LogP contribution in [0.2, 0.25) is 0 Å². The van der Waals surface area contributed by atoms with E-state index in [1.807, 2.05) is 0 Å². The van der Waals surface area contributed by atoms with E-state index in [9.17, 15) is 14.9 Å². The smallest absolute Gasteiger partial charge is 0.322 e. The first-order chi connectivity index (χ1) is 8.56. The first-order valence-electron chi connectivity index (χ1n) is 4.88. The van der Waals surface area contributed by atoms with Crippen molar-refractivity contribution < 1.29 is 14.8 Å². The summed E-state index contributed by atoms with van der Waals surface area (Å²) in [6.45, 7) is 0. The number of nitro benzene ring substituents is 1. The lowest BCUT2D eigenvalue weighted by Crippen LogP contribution is -2.31. The minimum atomic E-state index is -1.10. The van der Waals surface area contributed by atoms with Gasteiger partial charge in [0, 0.05) is 12.5 Å².